The van der Waals surface area contributed by atoms with Crippen molar-refractivity contribution in [3.63, 3.8) is 0 Å². The van der Waals surface area contributed by atoms with E-state index in [1.807, 2.05) is 0 Å². The number of halogens is 2. The Kier molecular flexibility index (Phi) is 8.58. The third-order valence-electron chi connectivity index (χ3n) is 3.79. The van der Waals surface area contributed by atoms with Gasteiger partial charge in [-0.1, -0.05) is 0 Å². The van der Waals surface area contributed by atoms with Crippen molar-refractivity contribution in [1.29, 1.82) is 0 Å². The van der Waals surface area contributed by atoms with Gasteiger partial charge in [-0.05, 0) is 12.1 Å². The van der Waals surface area contributed by atoms with Crippen molar-refractivity contribution >= 4 is 27.7 Å². The van der Waals surface area contributed by atoms with E-state index in [0.717, 1.165) is 23.6 Å². The zero-order chi connectivity index (χ0) is 19.7. The number of aliphatic imine (C=N–C) groups is 1. The van der Waals surface area contributed by atoms with Gasteiger partial charge in [0.1, 0.15) is 12.4 Å². The summed E-state index contributed by atoms with van der Waals surface area (Å²) in [7, 11) is -1.72. The normalized spacial score (nSPS) is 16.2. The first-order valence-electron chi connectivity index (χ1n) is 8.50. The van der Waals surface area contributed by atoms with Crippen molar-refractivity contribution in [2.24, 2.45) is 4.99 Å². The van der Waals surface area contributed by atoms with Gasteiger partial charge >= 0.3 is 0 Å². The number of rotatable bonds is 8. The predicted molar refractivity (Wildman–Crippen MR) is 104 cm³/mol. The van der Waals surface area contributed by atoms with E-state index in [1.54, 1.807) is 18.8 Å². The minimum atomic E-state index is -3.28. The van der Waals surface area contributed by atoms with Crippen LogP contribution in [-0.2, 0) is 10.0 Å². The third kappa shape index (κ3) is 7.15. The SMILES string of the molecule is CN=C(NCCOc1ccc(F)cc1F)NCCS(=O)(=O)N1CCSCC1. The van der Waals surface area contributed by atoms with Gasteiger partial charge in [-0.25, -0.2) is 21.5 Å². The summed E-state index contributed by atoms with van der Waals surface area (Å²) in [5, 5.41) is 5.87. The lowest BCUT2D eigenvalue weighted by atomic mass is 10.3. The summed E-state index contributed by atoms with van der Waals surface area (Å²) in [6.45, 7) is 1.77. The standard InChI is InChI=1S/C16H24F2N4O3S2/c1-19-16(20-4-8-25-15-3-2-13(17)12-14(15)18)21-5-11-27(23,24)22-6-9-26-10-7-22/h2-3,12H,4-11H2,1H3,(H2,19,20,21). The van der Waals surface area contributed by atoms with Gasteiger partial charge in [-0.2, -0.15) is 11.8 Å². The Labute approximate surface area is 162 Å². The molecule has 0 unspecified atom stereocenters. The second-order valence-electron chi connectivity index (χ2n) is 5.68. The number of thioether (sulfide) groups is 1. The zero-order valence-electron chi connectivity index (χ0n) is 15.1. The van der Waals surface area contributed by atoms with Crippen LogP contribution in [0.1, 0.15) is 0 Å². The molecule has 0 bridgehead atoms. The molecule has 11 heteroatoms. The summed E-state index contributed by atoms with van der Waals surface area (Å²) in [6, 6.07) is 3.10. The van der Waals surface area contributed by atoms with Gasteiger partial charge in [0.05, 0.1) is 12.3 Å². The molecule has 1 aliphatic heterocycles. The van der Waals surface area contributed by atoms with Crippen molar-refractivity contribution in [1.82, 2.24) is 14.9 Å². The van der Waals surface area contributed by atoms with Crippen molar-refractivity contribution in [2.45, 2.75) is 0 Å². The monoisotopic (exact) mass is 422 g/mol. The van der Waals surface area contributed by atoms with Crippen molar-refractivity contribution in [3.8, 4) is 5.75 Å². The summed E-state index contributed by atoms with van der Waals surface area (Å²) in [5.74, 6) is 0.583. The van der Waals surface area contributed by atoms with Crippen LogP contribution in [0.2, 0.25) is 0 Å². The quantitative estimate of drug-likeness (QED) is 0.368. The molecule has 1 saturated heterocycles. The molecule has 0 spiro atoms. The lowest BCUT2D eigenvalue weighted by molar-refractivity contribution is 0.304. The summed E-state index contributed by atoms with van der Waals surface area (Å²) < 4.78 is 57.6. The molecule has 0 saturated carbocycles. The van der Waals surface area contributed by atoms with Crippen LogP contribution in [-0.4, -0.2) is 75.8 Å². The second-order valence-corrected chi connectivity index (χ2v) is 8.99. The highest BCUT2D eigenvalue weighted by atomic mass is 32.2. The highest BCUT2D eigenvalue weighted by Crippen LogP contribution is 2.17. The number of sulfonamides is 1. The first-order chi connectivity index (χ1) is 12.9. The molecule has 1 heterocycles. The summed E-state index contributed by atoms with van der Waals surface area (Å²) in [5.41, 5.74) is 0. The number of guanidine groups is 1. The molecule has 7 nitrogen and oxygen atoms in total. The Bertz CT molecular complexity index is 741. The molecule has 1 aliphatic rings. The number of benzene rings is 1. The Morgan fingerprint density at radius 1 is 1.26 bits per heavy atom. The van der Waals surface area contributed by atoms with E-state index in [9.17, 15) is 17.2 Å². The summed E-state index contributed by atoms with van der Waals surface area (Å²) >= 11 is 1.75. The summed E-state index contributed by atoms with van der Waals surface area (Å²) in [6.07, 6.45) is 0. The van der Waals surface area contributed by atoms with E-state index in [2.05, 4.69) is 15.6 Å². The topological polar surface area (TPSA) is 83.0 Å². The lowest BCUT2D eigenvalue weighted by Crippen LogP contribution is -2.44. The molecule has 1 fully saturated rings. The highest BCUT2D eigenvalue weighted by Gasteiger charge is 2.23. The number of ether oxygens (including phenoxy) is 1. The minimum Gasteiger partial charge on any atom is -0.489 e. The molecular weight excluding hydrogens is 398 g/mol. The molecule has 1 aromatic rings. The number of hydrogen-bond acceptors (Lipinski definition) is 5. The maximum atomic E-state index is 13.5. The van der Waals surface area contributed by atoms with E-state index < -0.39 is 21.7 Å². The average molecular weight is 423 g/mol. The molecule has 0 radical (unpaired) electrons. The maximum Gasteiger partial charge on any atom is 0.215 e. The molecule has 152 valence electrons. The van der Waals surface area contributed by atoms with E-state index in [0.29, 0.717) is 25.6 Å². The fourth-order valence-corrected chi connectivity index (χ4v) is 4.89. The molecule has 2 N–H and O–H groups in total. The van der Waals surface area contributed by atoms with Crippen LogP contribution in [0.3, 0.4) is 0 Å². The fraction of sp³-hybridized carbons (Fsp3) is 0.562. The molecule has 0 aromatic heterocycles. The Balaban J connectivity index is 1.68. The zero-order valence-corrected chi connectivity index (χ0v) is 16.7. The molecule has 0 amide bonds. The van der Waals surface area contributed by atoms with Crippen LogP contribution >= 0.6 is 11.8 Å². The van der Waals surface area contributed by atoms with Crippen LogP contribution in [0.5, 0.6) is 5.75 Å². The Morgan fingerprint density at radius 3 is 2.63 bits per heavy atom. The van der Waals surface area contributed by atoms with E-state index >= 15 is 0 Å². The van der Waals surface area contributed by atoms with E-state index in [1.165, 1.54) is 10.4 Å². The van der Waals surface area contributed by atoms with Gasteiger partial charge < -0.3 is 15.4 Å². The van der Waals surface area contributed by atoms with Gasteiger partial charge in [0.15, 0.2) is 17.5 Å². The smallest absolute Gasteiger partial charge is 0.215 e. The van der Waals surface area contributed by atoms with Crippen LogP contribution in [0.15, 0.2) is 23.2 Å². The van der Waals surface area contributed by atoms with Crippen molar-refractivity contribution in [2.75, 3.05) is 57.1 Å². The molecule has 0 atom stereocenters. The number of hydrogen-bond donors (Lipinski definition) is 2. The fourth-order valence-electron chi connectivity index (χ4n) is 2.40. The first kappa shape index (κ1) is 21.7. The third-order valence-corrected chi connectivity index (χ3v) is 6.60. The second kappa shape index (κ2) is 10.7. The molecule has 2 rings (SSSR count). The minimum absolute atomic E-state index is 0.0182. The van der Waals surface area contributed by atoms with Gasteiger partial charge in [-0.3, -0.25) is 4.99 Å². The first-order valence-corrected chi connectivity index (χ1v) is 11.3. The van der Waals surface area contributed by atoms with Gasteiger partial charge in [0, 0.05) is 44.3 Å². The maximum absolute atomic E-state index is 13.5. The van der Waals surface area contributed by atoms with Crippen LogP contribution in [0.4, 0.5) is 8.78 Å². The lowest BCUT2D eigenvalue weighted by Gasteiger charge is -2.25. The van der Waals surface area contributed by atoms with Crippen molar-refractivity contribution < 1.29 is 21.9 Å². The van der Waals surface area contributed by atoms with E-state index in [4.69, 9.17) is 4.74 Å². The van der Waals surface area contributed by atoms with Crippen LogP contribution in [0.25, 0.3) is 0 Å². The molecule has 27 heavy (non-hydrogen) atoms. The van der Waals surface area contributed by atoms with Gasteiger partial charge in [-0.15, -0.1) is 0 Å². The largest absolute Gasteiger partial charge is 0.489 e. The van der Waals surface area contributed by atoms with Gasteiger partial charge in [0.25, 0.3) is 0 Å². The highest BCUT2D eigenvalue weighted by molar-refractivity contribution is 7.99. The number of nitrogens with zero attached hydrogens (tertiary/aromatic N) is 2. The van der Waals surface area contributed by atoms with Crippen LogP contribution in [0, 0.1) is 11.6 Å². The van der Waals surface area contributed by atoms with E-state index in [-0.39, 0.29) is 24.7 Å². The number of nitrogens with one attached hydrogen (secondary N) is 2. The van der Waals surface area contributed by atoms with Gasteiger partial charge in [0.2, 0.25) is 10.0 Å². The average Bonchev–Trinajstić information content (AvgIpc) is 2.65. The molecular formula is C16H24F2N4O3S2. The van der Waals surface area contributed by atoms with Crippen molar-refractivity contribution in [3.05, 3.63) is 29.8 Å². The molecule has 0 aliphatic carbocycles. The summed E-state index contributed by atoms with van der Waals surface area (Å²) in [4.78, 5) is 4.00. The Morgan fingerprint density at radius 2 is 1.96 bits per heavy atom. The molecule has 1 aromatic carbocycles. The predicted octanol–water partition coefficient (Wildman–Crippen LogP) is 0.887. The van der Waals surface area contributed by atoms with Crippen LogP contribution < -0.4 is 15.4 Å². The Hall–Kier alpha value is -1.59.